The Morgan fingerprint density at radius 2 is 2.10 bits per heavy atom. The van der Waals surface area contributed by atoms with Crippen LogP contribution < -0.4 is 0 Å². The minimum atomic E-state index is -1.07. The van der Waals surface area contributed by atoms with Crippen LogP contribution in [0.4, 0.5) is 0 Å². The zero-order valence-corrected chi connectivity index (χ0v) is 12.9. The highest BCUT2D eigenvalue weighted by Crippen LogP contribution is 2.23. The number of carboxylic acid groups (broad SMARTS) is 1. The van der Waals surface area contributed by atoms with Gasteiger partial charge in [-0.25, -0.2) is 14.8 Å². The number of amides is 1. The van der Waals surface area contributed by atoms with Crippen molar-refractivity contribution < 1.29 is 19.4 Å². The summed E-state index contributed by atoms with van der Waals surface area (Å²) >= 11 is 1.35. The second-order valence-corrected chi connectivity index (χ2v) is 5.46. The summed E-state index contributed by atoms with van der Waals surface area (Å²) in [4.78, 5) is 33.8. The van der Waals surface area contributed by atoms with Gasteiger partial charge in [0.2, 0.25) is 0 Å². The average Bonchev–Trinajstić information content (AvgIpc) is 2.45. The van der Waals surface area contributed by atoms with Crippen LogP contribution in [0.5, 0.6) is 0 Å². The van der Waals surface area contributed by atoms with E-state index in [1.54, 1.807) is 13.8 Å². The molecule has 1 amide bonds. The lowest BCUT2D eigenvalue weighted by molar-refractivity contribution is -0.147. The van der Waals surface area contributed by atoms with Gasteiger partial charge in [0.05, 0.1) is 24.5 Å². The second-order valence-electron chi connectivity index (χ2n) is 4.67. The maximum Gasteiger partial charge on any atom is 0.328 e. The van der Waals surface area contributed by atoms with E-state index < -0.39 is 12.0 Å². The van der Waals surface area contributed by atoms with Gasteiger partial charge in [0.1, 0.15) is 10.9 Å². The van der Waals surface area contributed by atoms with Crippen molar-refractivity contribution in [3.8, 4) is 0 Å². The molecule has 1 aromatic rings. The Labute approximate surface area is 126 Å². The molecule has 1 fully saturated rings. The third kappa shape index (κ3) is 3.16. The highest BCUT2D eigenvalue weighted by molar-refractivity contribution is 7.98. The molecule has 0 aliphatic carbocycles. The van der Waals surface area contributed by atoms with Crippen LogP contribution >= 0.6 is 11.8 Å². The van der Waals surface area contributed by atoms with E-state index in [0.717, 1.165) is 0 Å². The number of aryl methyl sites for hydroxylation is 2. The molecule has 8 heteroatoms. The predicted octanol–water partition coefficient (Wildman–Crippen LogP) is 0.741. The van der Waals surface area contributed by atoms with Crippen molar-refractivity contribution in [2.75, 3.05) is 26.0 Å². The van der Waals surface area contributed by atoms with Crippen molar-refractivity contribution in [3.63, 3.8) is 0 Å². The Morgan fingerprint density at radius 1 is 1.38 bits per heavy atom. The van der Waals surface area contributed by atoms with Gasteiger partial charge in [-0.2, -0.15) is 0 Å². The van der Waals surface area contributed by atoms with Crippen molar-refractivity contribution in [2.45, 2.75) is 24.9 Å². The number of aromatic nitrogens is 2. The third-order valence-electron chi connectivity index (χ3n) is 3.25. The molecule has 7 nitrogen and oxygen atoms in total. The van der Waals surface area contributed by atoms with Gasteiger partial charge in [-0.05, 0) is 20.1 Å². The zero-order valence-electron chi connectivity index (χ0n) is 12.1. The molecule has 1 unspecified atom stereocenters. The molecule has 0 bridgehead atoms. The molecule has 2 rings (SSSR count). The molecule has 21 heavy (non-hydrogen) atoms. The first-order valence-electron chi connectivity index (χ1n) is 6.46. The van der Waals surface area contributed by atoms with Crippen molar-refractivity contribution in [1.29, 1.82) is 0 Å². The van der Waals surface area contributed by atoms with Gasteiger partial charge in [-0.15, -0.1) is 11.8 Å². The SMILES string of the molecule is CSc1nc(C)nc(C)c1C(=O)N1CCOCC1C(=O)O. The lowest BCUT2D eigenvalue weighted by atomic mass is 10.1. The predicted molar refractivity (Wildman–Crippen MR) is 76.6 cm³/mol. The normalized spacial score (nSPS) is 18.6. The van der Waals surface area contributed by atoms with E-state index in [9.17, 15) is 14.7 Å². The van der Waals surface area contributed by atoms with Crippen LogP contribution in [0.25, 0.3) is 0 Å². The maximum atomic E-state index is 12.7. The van der Waals surface area contributed by atoms with E-state index in [1.165, 1.54) is 16.7 Å². The van der Waals surface area contributed by atoms with Gasteiger partial charge in [-0.3, -0.25) is 4.79 Å². The first-order valence-corrected chi connectivity index (χ1v) is 7.69. The quantitative estimate of drug-likeness (QED) is 0.650. The topological polar surface area (TPSA) is 92.6 Å². The monoisotopic (exact) mass is 311 g/mol. The Bertz CT molecular complexity index is 579. The number of ether oxygens (including phenoxy) is 1. The average molecular weight is 311 g/mol. The van der Waals surface area contributed by atoms with Crippen LogP contribution in [-0.4, -0.2) is 63.9 Å². The summed E-state index contributed by atoms with van der Waals surface area (Å²) in [5.41, 5.74) is 0.939. The van der Waals surface area contributed by atoms with Crippen LogP contribution in [0.2, 0.25) is 0 Å². The van der Waals surface area contributed by atoms with Gasteiger partial charge >= 0.3 is 5.97 Å². The number of rotatable bonds is 3. The first kappa shape index (κ1) is 15.7. The molecule has 1 aromatic heterocycles. The van der Waals surface area contributed by atoms with Gasteiger partial charge in [0.25, 0.3) is 5.91 Å². The van der Waals surface area contributed by atoms with Gasteiger partial charge in [0, 0.05) is 6.54 Å². The molecule has 0 radical (unpaired) electrons. The molecule has 0 aromatic carbocycles. The van der Waals surface area contributed by atoms with E-state index in [2.05, 4.69) is 9.97 Å². The molecule has 1 N–H and O–H groups in total. The van der Waals surface area contributed by atoms with Gasteiger partial charge in [0.15, 0.2) is 6.04 Å². The summed E-state index contributed by atoms with van der Waals surface area (Å²) < 4.78 is 5.15. The number of morpholine rings is 1. The minimum absolute atomic E-state index is 0.00143. The molecule has 1 saturated heterocycles. The summed E-state index contributed by atoms with van der Waals surface area (Å²) in [6.07, 6.45) is 1.83. The Kier molecular flexibility index (Phi) is 4.79. The van der Waals surface area contributed by atoms with Crippen LogP contribution in [0.1, 0.15) is 21.9 Å². The third-order valence-corrected chi connectivity index (χ3v) is 3.93. The number of carbonyl (C=O) groups excluding carboxylic acids is 1. The van der Waals surface area contributed by atoms with E-state index in [0.29, 0.717) is 28.7 Å². The van der Waals surface area contributed by atoms with Crippen LogP contribution in [0, 0.1) is 13.8 Å². The van der Waals surface area contributed by atoms with E-state index in [4.69, 9.17) is 4.74 Å². The van der Waals surface area contributed by atoms with Crippen LogP contribution in [0.3, 0.4) is 0 Å². The molecule has 1 atom stereocenters. The molecular formula is C13H17N3O4S. The van der Waals surface area contributed by atoms with Crippen LogP contribution in [-0.2, 0) is 9.53 Å². The minimum Gasteiger partial charge on any atom is -0.480 e. The second kappa shape index (κ2) is 6.40. The van der Waals surface area contributed by atoms with Crippen molar-refractivity contribution in [3.05, 3.63) is 17.1 Å². The number of hydrogen-bond acceptors (Lipinski definition) is 6. The standard InChI is InChI=1S/C13H17N3O4S/c1-7-10(11(21-3)15-8(2)14-7)12(17)16-4-5-20-6-9(16)13(18)19/h9H,4-6H2,1-3H3,(H,18,19). The molecular weight excluding hydrogens is 294 g/mol. The highest BCUT2D eigenvalue weighted by Gasteiger charge is 2.35. The van der Waals surface area contributed by atoms with E-state index in [-0.39, 0.29) is 19.1 Å². The highest BCUT2D eigenvalue weighted by atomic mass is 32.2. The lowest BCUT2D eigenvalue weighted by Gasteiger charge is -2.33. The van der Waals surface area contributed by atoms with Gasteiger partial charge in [-0.1, -0.05) is 0 Å². The zero-order chi connectivity index (χ0) is 15.6. The fourth-order valence-electron chi connectivity index (χ4n) is 2.27. The fourth-order valence-corrected chi connectivity index (χ4v) is 2.93. The smallest absolute Gasteiger partial charge is 0.328 e. The molecule has 1 aliphatic rings. The first-order chi connectivity index (χ1) is 9.95. The number of carboxylic acids is 1. The summed E-state index contributed by atoms with van der Waals surface area (Å²) in [6, 6.07) is -0.971. The largest absolute Gasteiger partial charge is 0.480 e. The lowest BCUT2D eigenvalue weighted by Crippen LogP contribution is -2.52. The van der Waals surface area contributed by atoms with E-state index in [1.807, 2.05) is 6.26 Å². The molecule has 1 aliphatic heterocycles. The summed E-state index contributed by atoms with van der Waals surface area (Å²) in [6.45, 7) is 4.07. The Hall–Kier alpha value is -1.67. The summed E-state index contributed by atoms with van der Waals surface area (Å²) in [5, 5.41) is 9.80. The van der Waals surface area contributed by atoms with E-state index >= 15 is 0 Å². The van der Waals surface area contributed by atoms with Gasteiger partial charge < -0.3 is 14.7 Å². The van der Waals surface area contributed by atoms with Crippen molar-refractivity contribution >= 4 is 23.6 Å². The summed E-state index contributed by atoms with van der Waals surface area (Å²) in [7, 11) is 0. The number of aliphatic carboxylic acids is 1. The Morgan fingerprint density at radius 3 is 2.71 bits per heavy atom. The van der Waals surface area contributed by atoms with Crippen LogP contribution in [0.15, 0.2) is 5.03 Å². The Balaban J connectivity index is 2.41. The molecule has 114 valence electrons. The number of thioether (sulfide) groups is 1. The van der Waals surface area contributed by atoms with Crippen molar-refractivity contribution in [1.82, 2.24) is 14.9 Å². The number of carbonyl (C=O) groups is 2. The van der Waals surface area contributed by atoms with Crippen molar-refractivity contribution in [2.24, 2.45) is 0 Å². The maximum absolute atomic E-state index is 12.7. The summed E-state index contributed by atoms with van der Waals surface area (Å²) in [5.74, 6) is -0.836. The molecule has 0 spiro atoms. The molecule has 2 heterocycles. The fraction of sp³-hybridized carbons (Fsp3) is 0.538. The number of nitrogens with zero attached hydrogens (tertiary/aromatic N) is 3. The number of hydrogen-bond donors (Lipinski definition) is 1. The molecule has 0 saturated carbocycles.